The molecule has 1 atom stereocenters. The molecule has 0 fully saturated rings. The predicted molar refractivity (Wildman–Crippen MR) is 343 cm³/mol. The van der Waals surface area contributed by atoms with E-state index in [2.05, 4.69) is 148 Å². The summed E-state index contributed by atoms with van der Waals surface area (Å²) in [4.78, 5) is 38.4. The maximum atomic E-state index is 12.9. The summed E-state index contributed by atoms with van der Waals surface area (Å²) in [6.45, 7) is 6.36. The van der Waals surface area contributed by atoms with Crippen LogP contribution in [0.15, 0.2) is 134 Å². The smallest absolute Gasteiger partial charge is 0.306 e. The largest absolute Gasteiger partial charge is 0.462 e. The summed E-state index contributed by atoms with van der Waals surface area (Å²) in [5.41, 5.74) is 0. The van der Waals surface area contributed by atoms with E-state index in [4.69, 9.17) is 14.2 Å². The highest BCUT2D eigenvalue weighted by molar-refractivity contribution is 5.71. The summed E-state index contributed by atoms with van der Waals surface area (Å²) < 4.78 is 16.9. The predicted octanol–water partition coefficient (Wildman–Crippen LogP) is 22.5. The molecule has 0 saturated heterocycles. The summed E-state index contributed by atoms with van der Waals surface area (Å²) in [6.07, 6.45) is 93.2. The first kappa shape index (κ1) is 74.5. The maximum Gasteiger partial charge on any atom is 0.306 e. The molecule has 0 aliphatic carbocycles. The van der Waals surface area contributed by atoms with Crippen molar-refractivity contribution in [1.82, 2.24) is 0 Å². The molecule has 0 rings (SSSR count). The van der Waals surface area contributed by atoms with Crippen LogP contribution in [-0.4, -0.2) is 37.2 Å². The molecule has 0 aromatic carbocycles. The van der Waals surface area contributed by atoms with Crippen molar-refractivity contribution in [2.24, 2.45) is 0 Å². The zero-order chi connectivity index (χ0) is 57.1. The number of carbonyl (C=O) groups excluding carboxylic acids is 3. The second-order valence-electron chi connectivity index (χ2n) is 21.3. The minimum absolute atomic E-state index is 0.113. The van der Waals surface area contributed by atoms with E-state index in [1.807, 2.05) is 6.08 Å². The van der Waals surface area contributed by atoms with Crippen molar-refractivity contribution in [3.05, 3.63) is 134 Å². The first-order chi connectivity index (χ1) is 39.0. The number of esters is 3. The Balaban J connectivity index is 4.49. The zero-order valence-corrected chi connectivity index (χ0v) is 51.3. The Labute approximate surface area is 487 Å². The summed E-state index contributed by atoms with van der Waals surface area (Å²) >= 11 is 0. The third kappa shape index (κ3) is 64.3. The molecule has 0 aliphatic rings. The van der Waals surface area contributed by atoms with Gasteiger partial charge in [0.25, 0.3) is 0 Å². The van der Waals surface area contributed by atoms with Crippen LogP contribution in [0.4, 0.5) is 0 Å². The fourth-order valence-electron chi connectivity index (χ4n) is 8.81. The number of carbonyl (C=O) groups is 3. The van der Waals surface area contributed by atoms with Crippen LogP contribution in [0.2, 0.25) is 0 Å². The molecule has 0 aromatic rings. The summed E-state index contributed by atoms with van der Waals surface area (Å²) in [6, 6.07) is 0. The van der Waals surface area contributed by atoms with Crippen LogP contribution in [0, 0.1) is 0 Å². The van der Waals surface area contributed by atoms with Crippen LogP contribution in [0.3, 0.4) is 0 Å². The van der Waals surface area contributed by atoms with Crippen molar-refractivity contribution in [1.29, 1.82) is 0 Å². The van der Waals surface area contributed by atoms with Crippen LogP contribution >= 0.6 is 0 Å². The van der Waals surface area contributed by atoms with E-state index in [1.165, 1.54) is 141 Å². The van der Waals surface area contributed by atoms with Gasteiger partial charge in [-0.25, -0.2) is 0 Å². The fourth-order valence-corrected chi connectivity index (χ4v) is 8.81. The first-order valence-electron chi connectivity index (χ1n) is 32.7. The van der Waals surface area contributed by atoms with E-state index in [-0.39, 0.29) is 31.6 Å². The number of allylic oxidation sites excluding steroid dienone is 22. The molecule has 6 nitrogen and oxygen atoms in total. The van der Waals surface area contributed by atoms with Gasteiger partial charge in [-0.1, -0.05) is 283 Å². The molecule has 0 amide bonds. The number of hydrogen-bond acceptors (Lipinski definition) is 6. The Bertz CT molecular complexity index is 1680. The van der Waals surface area contributed by atoms with Gasteiger partial charge >= 0.3 is 17.9 Å². The summed E-state index contributed by atoms with van der Waals surface area (Å²) in [5.74, 6) is -1.000. The van der Waals surface area contributed by atoms with Crippen LogP contribution in [0.1, 0.15) is 290 Å². The van der Waals surface area contributed by atoms with Gasteiger partial charge in [0.2, 0.25) is 0 Å². The molecule has 0 bridgehead atoms. The maximum absolute atomic E-state index is 12.9. The van der Waals surface area contributed by atoms with Crippen LogP contribution in [0.5, 0.6) is 0 Å². The normalized spacial score (nSPS) is 13.0. The van der Waals surface area contributed by atoms with Gasteiger partial charge in [0, 0.05) is 19.3 Å². The fraction of sp³-hybridized carbons (Fsp3) is 0.658. The third-order valence-corrected chi connectivity index (χ3v) is 13.6. The average Bonchev–Trinajstić information content (AvgIpc) is 3.45. The van der Waals surface area contributed by atoms with E-state index in [1.54, 1.807) is 0 Å². The molecule has 0 spiro atoms. The van der Waals surface area contributed by atoms with E-state index < -0.39 is 12.1 Å². The van der Waals surface area contributed by atoms with E-state index in [0.717, 1.165) is 103 Å². The minimum Gasteiger partial charge on any atom is -0.462 e. The monoisotopic (exact) mass is 1090 g/mol. The zero-order valence-electron chi connectivity index (χ0n) is 51.3. The minimum atomic E-state index is -0.827. The Morgan fingerprint density at radius 2 is 0.519 bits per heavy atom. The van der Waals surface area contributed by atoms with Crippen molar-refractivity contribution in [2.45, 2.75) is 297 Å². The van der Waals surface area contributed by atoms with Crippen molar-refractivity contribution in [3.63, 3.8) is 0 Å². The first-order valence-corrected chi connectivity index (χ1v) is 32.7. The molecule has 6 heteroatoms. The number of ether oxygens (including phenoxy) is 3. The van der Waals surface area contributed by atoms with Crippen LogP contribution < -0.4 is 0 Å². The van der Waals surface area contributed by atoms with Gasteiger partial charge in [-0.05, 0) is 122 Å². The van der Waals surface area contributed by atoms with Gasteiger partial charge < -0.3 is 14.2 Å². The lowest BCUT2D eigenvalue weighted by atomic mass is 10.1. The van der Waals surface area contributed by atoms with Gasteiger partial charge in [0.1, 0.15) is 13.2 Å². The van der Waals surface area contributed by atoms with Gasteiger partial charge in [-0.3, -0.25) is 14.4 Å². The molecular weight excluding hydrogens is 973 g/mol. The van der Waals surface area contributed by atoms with Crippen molar-refractivity contribution < 1.29 is 28.6 Å². The Morgan fingerprint density at radius 3 is 0.835 bits per heavy atom. The number of unbranched alkanes of at least 4 members (excludes halogenated alkanes) is 25. The van der Waals surface area contributed by atoms with Crippen LogP contribution in [-0.2, 0) is 28.6 Å². The molecule has 0 aromatic heterocycles. The Morgan fingerprint density at radius 1 is 0.266 bits per heavy atom. The SMILES string of the molecule is CC/C=C\C/C=C\C/C=C\C/C=C\C/C=C\C/C=C\CCC(=O)OC(COC(=O)CCCCCCCCCCC/C=C\CCCCCCCC)COC(=O)CCCCCCCCCCCC/C=C\C/C=C\C/C=C\C/C=C\CC. The average molecular weight is 1090 g/mol. The van der Waals surface area contributed by atoms with Crippen molar-refractivity contribution >= 4 is 17.9 Å². The molecule has 448 valence electrons. The second-order valence-corrected chi connectivity index (χ2v) is 21.3. The summed E-state index contributed by atoms with van der Waals surface area (Å²) in [7, 11) is 0. The van der Waals surface area contributed by atoms with E-state index in [9.17, 15) is 14.4 Å². The van der Waals surface area contributed by atoms with Gasteiger partial charge in [0.15, 0.2) is 6.10 Å². The number of hydrogen-bond donors (Lipinski definition) is 0. The summed E-state index contributed by atoms with van der Waals surface area (Å²) in [5, 5.41) is 0. The Hall–Kier alpha value is -4.45. The second kappa shape index (κ2) is 66.1. The highest BCUT2D eigenvalue weighted by Crippen LogP contribution is 2.15. The third-order valence-electron chi connectivity index (χ3n) is 13.6. The molecular formula is C73H120O6. The Kier molecular flexibility index (Phi) is 62.3. The molecule has 0 aliphatic heterocycles. The molecule has 0 radical (unpaired) electrons. The van der Waals surface area contributed by atoms with Crippen LogP contribution in [0.25, 0.3) is 0 Å². The van der Waals surface area contributed by atoms with Crippen molar-refractivity contribution in [3.8, 4) is 0 Å². The van der Waals surface area contributed by atoms with Gasteiger partial charge in [-0.15, -0.1) is 0 Å². The molecule has 0 heterocycles. The van der Waals surface area contributed by atoms with E-state index in [0.29, 0.717) is 19.3 Å². The standard InChI is InChI=1S/C73H120O6/c1-4-7-10-13-16-19-22-25-28-31-34-35-36-37-40-42-45-48-51-54-57-60-63-66-72(75)78-69-70(79-73(76)67-64-61-58-55-52-49-46-43-39-33-30-27-24-21-18-15-12-9-6-3)68-77-71(74)65-62-59-56-53-50-47-44-41-38-32-29-26-23-20-17-14-11-8-5-2/h7,9-10,12,16,18-19,21,25-30,34-35,39,43,49,52,58,61,70H,4-6,8,11,13-15,17,20,22-24,31-33,36-38,40-42,44-48,50-51,53-57,59-60,62-69H2,1-3H3/b10-7-,12-9-,19-16-,21-18-,28-25-,29-26-,30-27-,35-34-,43-39-,52-49-,61-58-. The topological polar surface area (TPSA) is 78.9 Å². The lowest BCUT2D eigenvalue weighted by Gasteiger charge is -2.18. The van der Waals surface area contributed by atoms with Gasteiger partial charge in [-0.2, -0.15) is 0 Å². The lowest BCUT2D eigenvalue weighted by Crippen LogP contribution is -2.30. The lowest BCUT2D eigenvalue weighted by molar-refractivity contribution is -0.166. The van der Waals surface area contributed by atoms with Gasteiger partial charge in [0.05, 0.1) is 0 Å². The highest BCUT2D eigenvalue weighted by atomic mass is 16.6. The number of rotatable bonds is 58. The highest BCUT2D eigenvalue weighted by Gasteiger charge is 2.19. The molecule has 79 heavy (non-hydrogen) atoms. The molecule has 0 N–H and O–H groups in total. The quantitative estimate of drug-likeness (QED) is 0.0261. The van der Waals surface area contributed by atoms with E-state index >= 15 is 0 Å². The van der Waals surface area contributed by atoms with Crippen molar-refractivity contribution in [2.75, 3.05) is 13.2 Å². The molecule has 1 unspecified atom stereocenters. The molecule has 0 saturated carbocycles.